The van der Waals surface area contributed by atoms with Gasteiger partial charge in [0.15, 0.2) is 9.84 Å². The maximum Gasteiger partial charge on any atom is 0.178 e. The van der Waals surface area contributed by atoms with Crippen molar-refractivity contribution in [3.05, 3.63) is 29.8 Å². The second kappa shape index (κ2) is 6.17. The highest BCUT2D eigenvalue weighted by atomic mass is 32.2. The molecule has 0 saturated carbocycles. The number of benzene rings is 1. The van der Waals surface area contributed by atoms with Crippen molar-refractivity contribution in [3.63, 3.8) is 0 Å². The Kier molecular flexibility index (Phi) is 5.15. The van der Waals surface area contributed by atoms with Crippen LogP contribution >= 0.6 is 0 Å². The molecule has 0 aromatic heterocycles. The summed E-state index contributed by atoms with van der Waals surface area (Å²) in [5.74, 6) is 0.141. The van der Waals surface area contributed by atoms with E-state index in [4.69, 9.17) is 5.73 Å². The van der Waals surface area contributed by atoms with Crippen LogP contribution in [0.4, 0.5) is 0 Å². The van der Waals surface area contributed by atoms with Crippen molar-refractivity contribution in [2.24, 2.45) is 5.73 Å². The van der Waals surface area contributed by atoms with Crippen LogP contribution in [-0.2, 0) is 16.3 Å². The smallest absolute Gasteiger partial charge is 0.178 e. The van der Waals surface area contributed by atoms with Crippen molar-refractivity contribution in [2.45, 2.75) is 44.0 Å². The van der Waals surface area contributed by atoms with Gasteiger partial charge in [0.2, 0.25) is 0 Å². The standard InChI is InChI=1S/C13H21NO2S/c1-3-5-12(14)10-11-6-8-13(9-7-11)17(15,16)4-2/h6-9,12H,3-5,10,14H2,1-2H3. The first-order valence-corrected chi connectivity index (χ1v) is 7.72. The van der Waals surface area contributed by atoms with Gasteiger partial charge in [-0.3, -0.25) is 0 Å². The third-order valence-electron chi connectivity index (χ3n) is 2.82. The van der Waals surface area contributed by atoms with E-state index in [0.29, 0.717) is 4.90 Å². The second-order valence-electron chi connectivity index (χ2n) is 4.30. The normalized spacial score (nSPS) is 13.6. The lowest BCUT2D eigenvalue weighted by Crippen LogP contribution is -2.22. The highest BCUT2D eigenvalue weighted by molar-refractivity contribution is 7.91. The molecule has 3 nitrogen and oxygen atoms in total. The molecule has 0 aliphatic carbocycles. The zero-order chi connectivity index (χ0) is 12.9. The van der Waals surface area contributed by atoms with Gasteiger partial charge >= 0.3 is 0 Å². The molecular weight excluding hydrogens is 234 g/mol. The van der Waals surface area contributed by atoms with Crippen molar-refractivity contribution in [1.82, 2.24) is 0 Å². The fourth-order valence-corrected chi connectivity index (χ4v) is 2.66. The molecule has 0 heterocycles. The Morgan fingerprint density at radius 3 is 2.24 bits per heavy atom. The summed E-state index contributed by atoms with van der Waals surface area (Å²) in [6.07, 6.45) is 2.87. The summed E-state index contributed by atoms with van der Waals surface area (Å²) in [5.41, 5.74) is 7.05. The maximum atomic E-state index is 11.6. The van der Waals surface area contributed by atoms with Gasteiger partial charge in [0.25, 0.3) is 0 Å². The molecule has 0 spiro atoms. The average molecular weight is 255 g/mol. The molecule has 0 amide bonds. The summed E-state index contributed by atoms with van der Waals surface area (Å²) < 4.78 is 23.2. The topological polar surface area (TPSA) is 60.2 Å². The van der Waals surface area contributed by atoms with Gasteiger partial charge in [-0.15, -0.1) is 0 Å². The van der Waals surface area contributed by atoms with E-state index in [0.717, 1.165) is 24.8 Å². The fourth-order valence-electron chi connectivity index (χ4n) is 1.78. The predicted octanol–water partition coefficient (Wildman–Crippen LogP) is 2.15. The van der Waals surface area contributed by atoms with Crippen molar-refractivity contribution >= 4 is 9.84 Å². The van der Waals surface area contributed by atoms with Crippen LogP contribution in [0.5, 0.6) is 0 Å². The molecule has 0 saturated heterocycles. The lowest BCUT2D eigenvalue weighted by Gasteiger charge is -2.10. The van der Waals surface area contributed by atoms with Gasteiger partial charge in [-0.05, 0) is 30.5 Å². The van der Waals surface area contributed by atoms with Gasteiger partial charge < -0.3 is 5.73 Å². The number of nitrogens with two attached hydrogens (primary N) is 1. The summed E-state index contributed by atoms with van der Waals surface area (Å²) in [4.78, 5) is 0.396. The van der Waals surface area contributed by atoms with Crippen molar-refractivity contribution < 1.29 is 8.42 Å². The minimum atomic E-state index is -3.08. The lowest BCUT2D eigenvalue weighted by molar-refractivity contribution is 0.596. The molecule has 1 aromatic carbocycles. The molecule has 1 unspecified atom stereocenters. The summed E-state index contributed by atoms with van der Waals surface area (Å²) in [6.45, 7) is 3.76. The van der Waals surface area contributed by atoms with Crippen LogP contribution in [0.15, 0.2) is 29.2 Å². The minimum Gasteiger partial charge on any atom is -0.327 e. The van der Waals surface area contributed by atoms with E-state index >= 15 is 0 Å². The van der Waals surface area contributed by atoms with Crippen molar-refractivity contribution in [1.29, 1.82) is 0 Å². The lowest BCUT2D eigenvalue weighted by atomic mass is 10.0. The summed E-state index contributed by atoms with van der Waals surface area (Å²) in [7, 11) is -3.08. The Morgan fingerprint density at radius 2 is 1.76 bits per heavy atom. The summed E-state index contributed by atoms with van der Waals surface area (Å²) in [6, 6.07) is 7.23. The first kappa shape index (κ1) is 14.2. The van der Waals surface area contributed by atoms with E-state index in [9.17, 15) is 8.42 Å². The van der Waals surface area contributed by atoms with Crippen molar-refractivity contribution in [3.8, 4) is 0 Å². The van der Waals surface area contributed by atoms with E-state index in [1.807, 2.05) is 12.1 Å². The SMILES string of the molecule is CCCC(N)Cc1ccc(S(=O)(=O)CC)cc1. The maximum absolute atomic E-state index is 11.6. The largest absolute Gasteiger partial charge is 0.327 e. The molecule has 1 aromatic rings. The molecule has 0 aliphatic heterocycles. The molecule has 0 aliphatic rings. The Bertz CT molecular complexity index is 437. The van der Waals surface area contributed by atoms with Crippen LogP contribution in [-0.4, -0.2) is 20.2 Å². The Hall–Kier alpha value is -0.870. The molecule has 17 heavy (non-hydrogen) atoms. The number of rotatable bonds is 6. The molecular formula is C13H21NO2S. The van der Waals surface area contributed by atoms with Gasteiger partial charge in [-0.25, -0.2) is 8.42 Å². The Morgan fingerprint density at radius 1 is 1.18 bits per heavy atom. The van der Waals surface area contributed by atoms with Gasteiger partial charge in [0, 0.05) is 6.04 Å². The summed E-state index contributed by atoms with van der Waals surface area (Å²) >= 11 is 0. The minimum absolute atomic E-state index is 0.141. The molecule has 0 bridgehead atoms. The molecule has 4 heteroatoms. The number of hydrogen-bond donors (Lipinski definition) is 1. The number of hydrogen-bond acceptors (Lipinski definition) is 3. The van der Waals surface area contributed by atoms with Gasteiger partial charge in [-0.2, -0.15) is 0 Å². The Balaban J connectivity index is 2.75. The molecule has 1 rings (SSSR count). The van der Waals surface area contributed by atoms with Crippen LogP contribution in [0.1, 0.15) is 32.3 Å². The summed E-state index contributed by atoms with van der Waals surface area (Å²) in [5, 5.41) is 0. The highest BCUT2D eigenvalue weighted by Crippen LogP contribution is 2.13. The van der Waals surface area contributed by atoms with Crippen LogP contribution in [0.25, 0.3) is 0 Å². The first-order chi connectivity index (χ1) is 7.99. The van der Waals surface area contributed by atoms with E-state index in [2.05, 4.69) is 6.92 Å². The first-order valence-electron chi connectivity index (χ1n) is 6.07. The van der Waals surface area contributed by atoms with Gasteiger partial charge in [-0.1, -0.05) is 32.4 Å². The molecule has 96 valence electrons. The quantitative estimate of drug-likeness (QED) is 0.847. The van der Waals surface area contributed by atoms with E-state index in [-0.39, 0.29) is 11.8 Å². The van der Waals surface area contributed by atoms with Crippen LogP contribution < -0.4 is 5.73 Å². The molecule has 0 radical (unpaired) electrons. The molecule has 0 fully saturated rings. The highest BCUT2D eigenvalue weighted by Gasteiger charge is 2.11. The van der Waals surface area contributed by atoms with Crippen LogP contribution in [0, 0.1) is 0 Å². The van der Waals surface area contributed by atoms with Gasteiger partial charge in [0.05, 0.1) is 10.6 Å². The zero-order valence-electron chi connectivity index (χ0n) is 10.5. The fraction of sp³-hybridized carbons (Fsp3) is 0.538. The second-order valence-corrected chi connectivity index (χ2v) is 6.58. The molecule has 1 atom stereocenters. The van der Waals surface area contributed by atoms with E-state index in [1.165, 1.54) is 0 Å². The number of sulfone groups is 1. The predicted molar refractivity (Wildman–Crippen MR) is 70.8 cm³/mol. The Labute approximate surface area is 104 Å². The van der Waals surface area contributed by atoms with E-state index < -0.39 is 9.84 Å². The van der Waals surface area contributed by atoms with Crippen LogP contribution in [0.3, 0.4) is 0 Å². The van der Waals surface area contributed by atoms with Gasteiger partial charge in [0.1, 0.15) is 0 Å². The van der Waals surface area contributed by atoms with Crippen molar-refractivity contribution in [2.75, 3.05) is 5.75 Å². The zero-order valence-corrected chi connectivity index (χ0v) is 11.3. The molecule has 2 N–H and O–H groups in total. The third kappa shape index (κ3) is 4.13. The monoisotopic (exact) mass is 255 g/mol. The van der Waals surface area contributed by atoms with Crippen LogP contribution in [0.2, 0.25) is 0 Å². The average Bonchev–Trinajstić information content (AvgIpc) is 2.30. The van der Waals surface area contributed by atoms with E-state index in [1.54, 1.807) is 19.1 Å². The third-order valence-corrected chi connectivity index (χ3v) is 4.57.